The molecule has 0 unspecified atom stereocenters. The fourth-order valence-corrected chi connectivity index (χ4v) is 2.18. The largest absolute Gasteiger partial charge is 0.474 e. The molecule has 116 valence electrons. The molecule has 6 heteroatoms. The molecule has 1 saturated carbocycles. The van der Waals surface area contributed by atoms with Crippen LogP contribution in [0.4, 0.5) is 5.69 Å². The van der Waals surface area contributed by atoms with Crippen molar-refractivity contribution in [2.24, 2.45) is 0 Å². The van der Waals surface area contributed by atoms with Gasteiger partial charge in [-0.25, -0.2) is 0 Å². The van der Waals surface area contributed by atoms with E-state index < -0.39 is 0 Å². The number of carbonyl (C=O) groups is 1. The van der Waals surface area contributed by atoms with Gasteiger partial charge in [0, 0.05) is 18.3 Å². The summed E-state index contributed by atoms with van der Waals surface area (Å²) in [5, 5.41) is 9.86. The summed E-state index contributed by atoms with van der Waals surface area (Å²) in [7, 11) is 0. The Morgan fingerprint density at radius 2 is 2.14 bits per heavy atom. The molecule has 1 aliphatic rings. The quantitative estimate of drug-likeness (QED) is 0.768. The number of aromatic nitrogens is 1. The molecule has 0 aliphatic heterocycles. The van der Waals surface area contributed by atoms with E-state index >= 15 is 0 Å². The van der Waals surface area contributed by atoms with E-state index in [2.05, 4.69) is 15.8 Å². The molecular formula is C16H19N3O3. The average molecular weight is 301 g/mol. The lowest BCUT2D eigenvalue weighted by molar-refractivity contribution is 0.0987. The maximum atomic E-state index is 12.0. The first kappa shape index (κ1) is 14.6. The van der Waals surface area contributed by atoms with Gasteiger partial charge in [-0.1, -0.05) is 24.6 Å². The van der Waals surface area contributed by atoms with Crippen LogP contribution in [-0.2, 0) is 0 Å². The molecule has 22 heavy (non-hydrogen) atoms. The monoisotopic (exact) mass is 301 g/mol. The molecule has 0 bridgehead atoms. The van der Waals surface area contributed by atoms with Crippen molar-refractivity contribution in [2.45, 2.75) is 25.3 Å². The van der Waals surface area contributed by atoms with Crippen molar-refractivity contribution in [3.05, 3.63) is 42.2 Å². The van der Waals surface area contributed by atoms with E-state index in [1.54, 1.807) is 12.1 Å². The lowest BCUT2D eigenvalue weighted by Crippen LogP contribution is -2.37. The number of nitrogens with zero attached hydrogens (tertiary/aromatic N) is 1. The van der Waals surface area contributed by atoms with Crippen LogP contribution < -0.4 is 15.4 Å². The van der Waals surface area contributed by atoms with Crippen LogP contribution in [0.1, 0.15) is 29.8 Å². The zero-order chi connectivity index (χ0) is 15.2. The Balaban J connectivity index is 1.44. The summed E-state index contributed by atoms with van der Waals surface area (Å²) < 4.78 is 10.5. The molecule has 0 radical (unpaired) electrons. The summed E-state index contributed by atoms with van der Waals surface area (Å²) >= 11 is 0. The number of para-hydroxylation sites is 1. The van der Waals surface area contributed by atoms with Gasteiger partial charge in [0.15, 0.2) is 0 Å². The number of hydrogen-bond donors (Lipinski definition) is 2. The molecule has 1 fully saturated rings. The standard InChI is InChI=1S/C16H19N3O3/c20-16(18-13-5-2-1-3-6-13)14-11-15(19-22-14)21-10-9-17-12-7-4-8-12/h1-3,5-6,11-12,17H,4,7-10H2,(H,18,20). The van der Waals surface area contributed by atoms with Crippen LogP contribution in [-0.4, -0.2) is 30.3 Å². The Morgan fingerprint density at radius 1 is 1.32 bits per heavy atom. The van der Waals surface area contributed by atoms with Crippen LogP contribution >= 0.6 is 0 Å². The minimum atomic E-state index is -0.346. The van der Waals surface area contributed by atoms with E-state index in [0.29, 0.717) is 24.2 Å². The summed E-state index contributed by atoms with van der Waals surface area (Å²) in [5.74, 6) is 0.112. The number of carbonyl (C=O) groups excluding carboxylic acids is 1. The van der Waals surface area contributed by atoms with E-state index in [0.717, 1.165) is 6.54 Å². The SMILES string of the molecule is O=C(Nc1ccccc1)c1cc(OCCNC2CCC2)no1. The van der Waals surface area contributed by atoms with Crippen molar-refractivity contribution in [1.82, 2.24) is 10.5 Å². The van der Waals surface area contributed by atoms with E-state index in [4.69, 9.17) is 9.26 Å². The number of amides is 1. The molecule has 1 heterocycles. The zero-order valence-corrected chi connectivity index (χ0v) is 12.2. The number of anilines is 1. The summed E-state index contributed by atoms with van der Waals surface area (Å²) in [6.45, 7) is 1.27. The van der Waals surface area contributed by atoms with Crippen LogP contribution in [0.15, 0.2) is 40.9 Å². The zero-order valence-electron chi connectivity index (χ0n) is 12.2. The van der Waals surface area contributed by atoms with Gasteiger partial charge in [0.05, 0.1) is 6.07 Å². The summed E-state index contributed by atoms with van der Waals surface area (Å²) in [5.41, 5.74) is 0.705. The van der Waals surface area contributed by atoms with E-state index in [1.807, 2.05) is 18.2 Å². The van der Waals surface area contributed by atoms with Crippen molar-refractivity contribution in [3.8, 4) is 5.88 Å². The highest BCUT2D eigenvalue weighted by atomic mass is 16.5. The molecule has 0 atom stereocenters. The third kappa shape index (κ3) is 3.85. The lowest BCUT2D eigenvalue weighted by Gasteiger charge is -2.26. The summed E-state index contributed by atoms with van der Waals surface area (Å²) in [6, 6.07) is 11.3. The maximum absolute atomic E-state index is 12.0. The highest BCUT2D eigenvalue weighted by molar-refractivity contribution is 6.02. The first-order chi connectivity index (χ1) is 10.8. The fraction of sp³-hybridized carbons (Fsp3) is 0.375. The number of benzene rings is 1. The lowest BCUT2D eigenvalue weighted by atomic mass is 9.93. The van der Waals surface area contributed by atoms with Crippen molar-refractivity contribution in [3.63, 3.8) is 0 Å². The summed E-state index contributed by atoms with van der Waals surface area (Å²) in [4.78, 5) is 12.0. The molecule has 0 spiro atoms. The minimum absolute atomic E-state index is 0.130. The van der Waals surface area contributed by atoms with Crippen LogP contribution in [0.25, 0.3) is 0 Å². The van der Waals surface area contributed by atoms with Gasteiger partial charge in [-0.3, -0.25) is 4.79 Å². The van der Waals surface area contributed by atoms with Gasteiger partial charge in [-0.05, 0) is 30.1 Å². The van der Waals surface area contributed by atoms with Crippen molar-refractivity contribution in [1.29, 1.82) is 0 Å². The first-order valence-corrected chi connectivity index (χ1v) is 7.50. The normalized spacial score (nSPS) is 14.4. The molecular weight excluding hydrogens is 282 g/mol. The second kappa shape index (κ2) is 7.09. The average Bonchev–Trinajstić information content (AvgIpc) is 2.95. The predicted molar refractivity (Wildman–Crippen MR) is 82.0 cm³/mol. The Labute approximate surface area is 128 Å². The maximum Gasteiger partial charge on any atom is 0.294 e. The molecule has 2 aromatic rings. The smallest absolute Gasteiger partial charge is 0.294 e. The highest BCUT2D eigenvalue weighted by Gasteiger charge is 2.16. The van der Waals surface area contributed by atoms with Gasteiger partial charge in [-0.15, -0.1) is 0 Å². The molecule has 1 amide bonds. The molecule has 2 N–H and O–H groups in total. The number of hydrogen-bond acceptors (Lipinski definition) is 5. The number of rotatable bonds is 7. The molecule has 6 nitrogen and oxygen atoms in total. The van der Waals surface area contributed by atoms with Gasteiger partial charge >= 0.3 is 0 Å². The first-order valence-electron chi connectivity index (χ1n) is 7.50. The number of ether oxygens (including phenoxy) is 1. The summed E-state index contributed by atoms with van der Waals surface area (Å²) in [6.07, 6.45) is 3.79. The van der Waals surface area contributed by atoms with E-state index in [1.165, 1.54) is 25.3 Å². The second-order valence-corrected chi connectivity index (χ2v) is 5.28. The third-order valence-electron chi connectivity index (χ3n) is 3.63. The highest BCUT2D eigenvalue weighted by Crippen LogP contribution is 2.17. The Morgan fingerprint density at radius 3 is 2.86 bits per heavy atom. The number of nitrogens with one attached hydrogen (secondary N) is 2. The van der Waals surface area contributed by atoms with E-state index in [-0.39, 0.29) is 11.7 Å². The second-order valence-electron chi connectivity index (χ2n) is 5.28. The van der Waals surface area contributed by atoms with Crippen LogP contribution in [0.5, 0.6) is 5.88 Å². The van der Waals surface area contributed by atoms with Gasteiger partial charge in [0.25, 0.3) is 11.8 Å². The molecule has 1 aromatic carbocycles. The van der Waals surface area contributed by atoms with E-state index in [9.17, 15) is 4.79 Å². The minimum Gasteiger partial charge on any atom is -0.474 e. The topological polar surface area (TPSA) is 76.4 Å². The molecule has 1 aromatic heterocycles. The molecule has 1 aliphatic carbocycles. The fourth-order valence-electron chi connectivity index (χ4n) is 2.18. The van der Waals surface area contributed by atoms with Gasteiger partial charge in [0.2, 0.25) is 5.76 Å². The Bertz CT molecular complexity index is 608. The Kier molecular flexibility index (Phi) is 4.70. The van der Waals surface area contributed by atoms with Crippen molar-refractivity contribution >= 4 is 11.6 Å². The van der Waals surface area contributed by atoms with Crippen molar-refractivity contribution in [2.75, 3.05) is 18.5 Å². The van der Waals surface area contributed by atoms with Crippen LogP contribution in [0.2, 0.25) is 0 Å². The van der Waals surface area contributed by atoms with Gasteiger partial charge in [-0.2, -0.15) is 0 Å². The Hall–Kier alpha value is -2.34. The molecule has 0 saturated heterocycles. The third-order valence-corrected chi connectivity index (χ3v) is 3.63. The molecule has 3 rings (SSSR count). The van der Waals surface area contributed by atoms with Crippen LogP contribution in [0, 0.1) is 0 Å². The predicted octanol–water partition coefficient (Wildman–Crippen LogP) is 2.45. The van der Waals surface area contributed by atoms with Gasteiger partial charge < -0.3 is 19.9 Å². The van der Waals surface area contributed by atoms with Crippen LogP contribution in [0.3, 0.4) is 0 Å². The van der Waals surface area contributed by atoms with Crippen molar-refractivity contribution < 1.29 is 14.1 Å². The van der Waals surface area contributed by atoms with Gasteiger partial charge in [0.1, 0.15) is 6.61 Å².